The number of aliphatic hydroxyl groups excluding tert-OH is 2. The van der Waals surface area contributed by atoms with E-state index >= 15 is 0 Å². The smallest absolute Gasteiger partial charge is 0.272 e. The molecule has 1 amide bonds. The highest BCUT2D eigenvalue weighted by molar-refractivity contribution is 6.12. The van der Waals surface area contributed by atoms with Crippen LogP contribution in [0.3, 0.4) is 0 Å². The van der Waals surface area contributed by atoms with Crippen molar-refractivity contribution in [2.24, 2.45) is 0 Å². The van der Waals surface area contributed by atoms with E-state index in [1.54, 1.807) is 59.2 Å². The predicted molar refractivity (Wildman–Crippen MR) is 162 cm³/mol. The van der Waals surface area contributed by atoms with E-state index in [1.807, 2.05) is 13.8 Å². The van der Waals surface area contributed by atoms with Crippen LogP contribution in [0.5, 0.6) is 5.75 Å². The first kappa shape index (κ1) is 32.1. The van der Waals surface area contributed by atoms with Gasteiger partial charge in [-0.2, -0.15) is 0 Å². The van der Waals surface area contributed by atoms with Crippen molar-refractivity contribution in [3.05, 3.63) is 102 Å². The second kappa shape index (κ2) is 14.1. The molecule has 0 spiro atoms. The minimum absolute atomic E-state index is 0.222. The number of carboxylic acids is 1. The van der Waals surface area contributed by atoms with Crippen molar-refractivity contribution in [3.63, 3.8) is 0 Å². The topological polar surface area (TPSA) is 124 Å². The SMILES string of the molecule is COc1cccc(NC(=O)c2c(-c3ccc(F)cc3)c(-c3ccc(F)cc3)c(/C=C/[C@@H](O)C[C@@H](O)CC(=O)[O-])n2C(C)C)c1. The molecular weight excluding hydrogens is 570 g/mol. The number of aliphatic hydroxyl groups is 2. The molecule has 1 aromatic heterocycles. The normalized spacial score (nSPS) is 12.8. The molecule has 0 saturated carbocycles. The van der Waals surface area contributed by atoms with Gasteiger partial charge in [0, 0.05) is 53.4 Å². The number of nitrogens with one attached hydrogen (secondary N) is 1. The summed E-state index contributed by atoms with van der Waals surface area (Å²) in [5, 5.41) is 34.4. The number of rotatable bonds is 12. The van der Waals surface area contributed by atoms with Gasteiger partial charge in [-0.25, -0.2) is 8.78 Å². The molecule has 0 unspecified atom stereocenters. The quantitative estimate of drug-likeness (QED) is 0.204. The molecule has 3 N–H and O–H groups in total. The Balaban J connectivity index is 1.97. The molecule has 0 aliphatic carbocycles. The lowest BCUT2D eigenvalue weighted by molar-refractivity contribution is -0.307. The number of carbonyl (C=O) groups is 2. The zero-order chi connectivity index (χ0) is 32.0. The Labute approximate surface area is 253 Å². The largest absolute Gasteiger partial charge is 0.550 e. The summed E-state index contributed by atoms with van der Waals surface area (Å²) < 4.78 is 35.1. The fourth-order valence-electron chi connectivity index (χ4n) is 5.06. The molecule has 0 fully saturated rings. The summed E-state index contributed by atoms with van der Waals surface area (Å²) in [5.41, 5.74) is 3.17. The molecule has 0 aliphatic rings. The lowest BCUT2D eigenvalue weighted by Gasteiger charge is -2.18. The van der Waals surface area contributed by atoms with Gasteiger partial charge in [0.2, 0.25) is 0 Å². The third kappa shape index (κ3) is 7.58. The number of halogens is 2. The van der Waals surface area contributed by atoms with Crippen molar-refractivity contribution in [2.75, 3.05) is 12.4 Å². The Morgan fingerprint density at radius 2 is 1.55 bits per heavy atom. The summed E-state index contributed by atoms with van der Waals surface area (Å²) in [4.78, 5) is 25.0. The summed E-state index contributed by atoms with van der Waals surface area (Å²) >= 11 is 0. The highest BCUT2D eigenvalue weighted by Gasteiger charge is 2.29. The van der Waals surface area contributed by atoms with E-state index in [0.29, 0.717) is 39.4 Å². The monoisotopic (exact) mass is 603 g/mol. The van der Waals surface area contributed by atoms with Crippen molar-refractivity contribution < 1.29 is 38.4 Å². The molecule has 10 heteroatoms. The van der Waals surface area contributed by atoms with Crippen LogP contribution in [0.4, 0.5) is 14.5 Å². The Hall–Kier alpha value is -4.80. The Morgan fingerprint density at radius 1 is 0.955 bits per heavy atom. The molecule has 2 atom stereocenters. The lowest BCUT2D eigenvalue weighted by atomic mass is 9.94. The molecule has 0 aliphatic heterocycles. The number of aromatic nitrogens is 1. The van der Waals surface area contributed by atoms with Crippen LogP contribution >= 0.6 is 0 Å². The van der Waals surface area contributed by atoms with Crippen LogP contribution in [-0.4, -0.2) is 46.0 Å². The minimum atomic E-state index is -1.45. The molecule has 3 aromatic carbocycles. The number of hydrogen-bond donors (Lipinski definition) is 3. The predicted octanol–water partition coefficient (Wildman–Crippen LogP) is 5.21. The number of ether oxygens (including phenoxy) is 1. The van der Waals surface area contributed by atoms with E-state index in [2.05, 4.69) is 5.32 Å². The van der Waals surface area contributed by atoms with Crippen molar-refractivity contribution in [3.8, 4) is 28.0 Å². The molecule has 230 valence electrons. The van der Waals surface area contributed by atoms with E-state index in [1.165, 1.54) is 37.5 Å². The zero-order valence-electron chi connectivity index (χ0n) is 24.5. The van der Waals surface area contributed by atoms with Crippen LogP contribution in [0, 0.1) is 11.6 Å². The van der Waals surface area contributed by atoms with Crippen LogP contribution in [-0.2, 0) is 4.79 Å². The first-order chi connectivity index (χ1) is 21.0. The van der Waals surface area contributed by atoms with Crippen molar-refractivity contribution in [1.29, 1.82) is 0 Å². The average Bonchev–Trinajstić information content (AvgIpc) is 3.32. The van der Waals surface area contributed by atoms with Gasteiger partial charge in [-0.1, -0.05) is 36.4 Å². The van der Waals surface area contributed by atoms with Gasteiger partial charge in [-0.05, 0) is 67.4 Å². The number of methoxy groups -OCH3 is 1. The number of nitrogens with zero attached hydrogens (tertiary/aromatic N) is 1. The fraction of sp³-hybridized carbons (Fsp3) is 0.235. The summed E-state index contributed by atoms with van der Waals surface area (Å²) in [6, 6.07) is 17.8. The molecule has 4 rings (SSSR count). The van der Waals surface area contributed by atoms with Crippen LogP contribution < -0.4 is 15.2 Å². The van der Waals surface area contributed by atoms with Crippen LogP contribution in [0.2, 0.25) is 0 Å². The van der Waals surface area contributed by atoms with Gasteiger partial charge in [-0.3, -0.25) is 4.79 Å². The van der Waals surface area contributed by atoms with Crippen molar-refractivity contribution >= 4 is 23.6 Å². The van der Waals surface area contributed by atoms with Gasteiger partial charge in [0.15, 0.2) is 0 Å². The van der Waals surface area contributed by atoms with Gasteiger partial charge < -0.3 is 34.7 Å². The number of aliphatic carboxylic acids is 1. The Bertz CT molecular complexity index is 1650. The average molecular weight is 604 g/mol. The van der Waals surface area contributed by atoms with Crippen LogP contribution in [0.1, 0.15) is 48.9 Å². The molecular formula is C34H33F2N2O6-. The minimum Gasteiger partial charge on any atom is -0.550 e. The molecule has 4 aromatic rings. The summed E-state index contributed by atoms with van der Waals surface area (Å²) in [6.45, 7) is 3.73. The van der Waals surface area contributed by atoms with Gasteiger partial charge in [-0.15, -0.1) is 0 Å². The van der Waals surface area contributed by atoms with E-state index in [0.717, 1.165) is 0 Å². The van der Waals surface area contributed by atoms with E-state index < -0.39 is 42.1 Å². The second-order valence-electron chi connectivity index (χ2n) is 10.5. The van der Waals surface area contributed by atoms with Gasteiger partial charge in [0.05, 0.1) is 19.3 Å². The fourth-order valence-corrected chi connectivity index (χ4v) is 5.06. The van der Waals surface area contributed by atoms with E-state index in [-0.39, 0.29) is 18.2 Å². The standard InChI is InChI=1S/C34H34F2N2O6/c1-20(2)38-29(16-15-26(39)18-27(40)19-30(41)42)31(21-7-11-23(35)12-8-21)32(22-9-13-24(36)14-10-22)33(38)34(43)37-25-5-4-6-28(17-25)44-3/h4-17,20,26-27,39-40H,18-19H2,1-3H3,(H,37,43)(H,41,42)/p-1/b16-15+/t26-,27-/m1/s1. The first-order valence-corrected chi connectivity index (χ1v) is 14.0. The number of carbonyl (C=O) groups excluding carboxylic acids is 2. The van der Waals surface area contributed by atoms with Crippen LogP contribution in [0.15, 0.2) is 78.9 Å². The third-order valence-corrected chi connectivity index (χ3v) is 6.96. The Kier molecular flexibility index (Phi) is 10.3. The maximum Gasteiger partial charge on any atom is 0.272 e. The summed E-state index contributed by atoms with van der Waals surface area (Å²) in [5.74, 6) is -2.34. The summed E-state index contributed by atoms with van der Waals surface area (Å²) in [6.07, 6.45) is -0.539. The van der Waals surface area contributed by atoms with Crippen LogP contribution in [0.25, 0.3) is 28.3 Å². The van der Waals surface area contributed by atoms with Gasteiger partial charge in [0.25, 0.3) is 5.91 Å². The highest BCUT2D eigenvalue weighted by atomic mass is 19.1. The molecule has 0 radical (unpaired) electrons. The van der Waals surface area contributed by atoms with Gasteiger partial charge in [0.1, 0.15) is 23.1 Å². The number of amides is 1. The van der Waals surface area contributed by atoms with E-state index in [9.17, 15) is 33.7 Å². The molecule has 0 bridgehead atoms. The van der Waals surface area contributed by atoms with E-state index in [4.69, 9.17) is 4.74 Å². The number of benzene rings is 3. The molecule has 44 heavy (non-hydrogen) atoms. The van der Waals surface area contributed by atoms with Crippen molar-refractivity contribution in [1.82, 2.24) is 4.57 Å². The third-order valence-electron chi connectivity index (χ3n) is 6.96. The second-order valence-corrected chi connectivity index (χ2v) is 10.5. The molecule has 8 nitrogen and oxygen atoms in total. The maximum atomic E-state index is 14.2. The lowest BCUT2D eigenvalue weighted by Crippen LogP contribution is -2.29. The van der Waals surface area contributed by atoms with Gasteiger partial charge >= 0.3 is 0 Å². The number of anilines is 1. The molecule has 1 heterocycles. The Morgan fingerprint density at radius 3 is 2.09 bits per heavy atom. The zero-order valence-corrected chi connectivity index (χ0v) is 24.5. The first-order valence-electron chi connectivity index (χ1n) is 14.0. The van der Waals surface area contributed by atoms with Crippen molar-refractivity contribution in [2.45, 2.75) is 44.9 Å². The highest BCUT2D eigenvalue weighted by Crippen LogP contribution is 2.43. The number of carboxylic acid groups (broad SMARTS) is 1. The molecule has 0 saturated heterocycles. The summed E-state index contributed by atoms with van der Waals surface area (Å²) in [7, 11) is 1.51. The number of hydrogen-bond acceptors (Lipinski definition) is 6. The maximum absolute atomic E-state index is 14.2.